The van der Waals surface area contributed by atoms with Gasteiger partial charge in [0.2, 0.25) is 0 Å². The van der Waals surface area contributed by atoms with Crippen LogP contribution < -0.4 is 0 Å². The first-order chi connectivity index (χ1) is 20.3. The maximum Gasteiger partial charge on any atom is 0.416 e. The van der Waals surface area contributed by atoms with Crippen molar-refractivity contribution in [3.63, 3.8) is 0 Å². The van der Waals surface area contributed by atoms with Crippen LogP contribution in [0.1, 0.15) is 60.5 Å². The van der Waals surface area contributed by atoms with E-state index in [-0.39, 0.29) is 29.1 Å². The van der Waals surface area contributed by atoms with Crippen LogP contribution in [0.15, 0.2) is 42.5 Å². The Bertz CT molecular complexity index is 1200. The zero-order chi connectivity index (χ0) is 31.0. The second-order valence-electron chi connectivity index (χ2n) is 11.9. The quantitative estimate of drug-likeness (QED) is 0.307. The lowest BCUT2D eigenvalue weighted by Gasteiger charge is -2.45. The summed E-state index contributed by atoms with van der Waals surface area (Å²) in [7, 11) is 1.70. The molecule has 2 aromatic carbocycles. The van der Waals surface area contributed by atoms with Crippen molar-refractivity contribution in [2.75, 3.05) is 46.6 Å². The van der Waals surface area contributed by atoms with Crippen LogP contribution >= 0.6 is 0 Å². The van der Waals surface area contributed by atoms with Gasteiger partial charge in [0.25, 0.3) is 0 Å². The normalized spacial score (nSPS) is 27.5. The van der Waals surface area contributed by atoms with Gasteiger partial charge in [-0.3, -0.25) is 0 Å². The fourth-order valence-corrected chi connectivity index (χ4v) is 6.71. The molecule has 0 bridgehead atoms. The minimum absolute atomic E-state index is 0.0153. The van der Waals surface area contributed by atoms with Gasteiger partial charge in [0.05, 0.1) is 43.2 Å². The summed E-state index contributed by atoms with van der Waals surface area (Å²) < 4.78 is 118. The molecule has 3 aliphatic rings. The molecule has 0 aliphatic carbocycles. The Morgan fingerprint density at radius 2 is 1.60 bits per heavy atom. The van der Waals surface area contributed by atoms with Gasteiger partial charge in [-0.2, -0.15) is 26.3 Å². The van der Waals surface area contributed by atoms with Crippen LogP contribution in [0.2, 0.25) is 0 Å². The van der Waals surface area contributed by atoms with Gasteiger partial charge < -0.3 is 23.8 Å². The van der Waals surface area contributed by atoms with E-state index in [2.05, 4.69) is 4.90 Å². The SMILES string of the molecule is CO[C@H]1COCC12CCN(C[C@@H]1CCO[C@H](O[C@H](C)c3cc(C(F)(F)F)cc(C(F)(F)F)c3)[C@H]1c1ccc(F)cc1)CC2. The van der Waals surface area contributed by atoms with Crippen LogP contribution in [-0.4, -0.2) is 63.9 Å². The predicted molar refractivity (Wildman–Crippen MR) is 143 cm³/mol. The number of halogens is 7. The molecule has 2 aromatic rings. The second-order valence-corrected chi connectivity index (χ2v) is 11.9. The van der Waals surface area contributed by atoms with Crippen LogP contribution in [0.25, 0.3) is 0 Å². The lowest BCUT2D eigenvalue weighted by Crippen LogP contribution is -2.49. The number of likely N-dealkylation sites (tertiary alicyclic amines) is 1. The molecular formula is C31H36F7NO4. The lowest BCUT2D eigenvalue weighted by molar-refractivity contribution is -0.210. The summed E-state index contributed by atoms with van der Waals surface area (Å²) in [6.45, 7) is 5.27. The van der Waals surface area contributed by atoms with Crippen LogP contribution in [0.3, 0.4) is 0 Å². The Balaban J connectivity index is 1.37. The van der Waals surface area contributed by atoms with E-state index in [1.54, 1.807) is 19.2 Å². The Morgan fingerprint density at radius 3 is 2.19 bits per heavy atom. The van der Waals surface area contributed by atoms with E-state index < -0.39 is 47.6 Å². The number of benzene rings is 2. The summed E-state index contributed by atoms with van der Waals surface area (Å²) in [6, 6.07) is 7.34. The first kappa shape index (κ1) is 32.2. The first-order valence-electron chi connectivity index (χ1n) is 14.4. The number of hydrogen-bond donors (Lipinski definition) is 0. The first-order valence-corrected chi connectivity index (χ1v) is 14.4. The standard InChI is InChI=1S/C31H36F7NO4/c1-19(22-13-23(30(33,34)35)15-24(14-22)31(36,37)38)43-28-27(20-3-5-25(32)6-4-20)21(7-12-42-28)16-39-10-8-29(9-11-39)18-41-17-26(29)40-2/h3-6,13-15,19,21,26-28H,7-12,16-18H2,1-2H3/t19-,21+,26+,27+,28-/m1/s1. The average Bonchev–Trinajstić information content (AvgIpc) is 3.36. The highest BCUT2D eigenvalue weighted by Gasteiger charge is 2.47. The molecule has 0 amide bonds. The van der Waals surface area contributed by atoms with Gasteiger partial charge >= 0.3 is 12.4 Å². The summed E-state index contributed by atoms with van der Waals surface area (Å²) in [6.07, 6.45) is -9.55. The van der Waals surface area contributed by atoms with Gasteiger partial charge in [0, 0.05) is 25.0 Å². The minimum atomic E-state index is -4.97. The van der Waals surface area contributed by atoms with Crippen LogP contribution in [0.4, 0.5) is 30.7 Å². The van der Waals surface area contributed by atoms with Crippen molar-refractivity contribution >= 4 is 0 Å². The second kappa shape index (κ2) is 12.6. The lowest BCUT2D eigenvalue weighted by atomic mass is 9.75. The summed E-state index contributed by atoms with van der Waals surface area (Å²) >= 11 is 0. The minimum Gasteiger partial charge on any atom is -0.378 e. The zero-order valence-electron chi connectivity index (χ0n) is 24.0. The van der Waals surface area contributed by atoms with Crippen LogP contribution in [0, 0.1) is 17.2 Å². The fourth-order valence-electron chi connectivity index (χ4n) is 6.71. The number of ether oxygens (including phenoxy) is 4. The largest absolute Gasteiger partial charge is 0.416 e. The third-order valence-electron chi connectivity index (χ3n) is 9.22. The molecule has 3 heterocycles. The highest BCUT2D eigenvalue weighted by atomic mass is 19.4. The Morgan fingerprint density at radius 1 is 0.977 bits per heavy atom. The molecule has 1 spiro atoms. The molecule has 5 nitrogen and oxygen atoms in total. The van der Waals surface area contributed by atoms with Crippen LogP contribution in [-0.2, 0) is 31.3 Å². The van der Waals surface area contributed by atoms with Crippen molar-refractivity contribution in [3.8, 4) is 0 Å². The summed E-state index contributed by atoms with van der Waals surface area (Å²) in [5.74, 6) is -0.878. The van der Waals surface area contributed by atoms with Crippen molar-refractivity contribution in [2.45, 2.75) is 63.0 Å². The Hall–Kier alpha value is -2.25. The van der Waals surface area contributed by atoms with Crippen molar-refractivity contribution in [1.29, 1.82) is 0 Å². The number of hydrogen-bond acceptors (Lipinski definition) is 5. The maximum atomic E-state index is 13.9. The monoisotopic (exact) mass is 619 g/mol. The fraction of sp³-hybridized carbons (Fsp3) is 0.613. The number of methoxy groups -OCH3 is 1. The van der Waals surface area contributed by atoms with Crippen LogP contribution in [0.5, 0.6) is 0 Å². The molecule has 238 valence electrons. The third-order valence-corrected chi connectivity index (χ3v) is 9.22. The maximum absolute atomic E-state index is 13.9. The van der Waals surface area contributed by atoms with Crippen molar-refractivity contribution in [3.05, 3.63) is 70.5 Å². The predicted octanol–water partition coefficient (Wildman–Crippen LogP) is 7.21. The summed E-state index contributed by atoms with van der Waals surface area (Å²) in [5.41, 5.74) is -2.37. The van der Waals surface area contributed by atoms with E-state index in [9.17, 15) is 30.7 Å². The van der Waals surface area contributed by atoms with Crippen molar-refractivity contribution < 1.29 is 49.7 Å². The van der Waals surface area contributed by atoms with Gasteiger partial charge in [0.15, 0.2) is 6.29 Å². The number of nitrogens with zero attached hydrogens (tertiary/aromatic N) is 1. The summed E-state index contributed by atoms with van der Waals surface area (Å²) in [5, 5.41) is 0. The van der Waals surface area contributed by atoms with E-state index in [1.165, 1.54) is 19.1 Å². The molecule has 5 atom stereocenters. The van der Waals surface area contributed by atoms with E-state index >= 15 is 0 Å². The van der Waals surface area contributed by atoms with Crippen molar-refractivity contribution in [2.24, 2.45) is 11.3 Å². The molecule has 3 aliphatic heterocycles. The number of piperidine rings is 1. The molecular weight excluding hydrogens is 583 g/mol. The number of alkyl halides is 6. The molecule has 0 unspecified atom stereocenters. The molecule has 0 N–H and O–H groups in total. The van der Waals surface area contributed by atoms with Gasteiger partial charge in [0.1, 0.15) is 5.82 Å². The Kier molecular flexibility index (Phi) is 9.44. The van der Waals surface area contributed by atoms with Gasteiger partial charge in [-0.15, -0.1) is 0 Å². The van der Waals surface area contributed by atoms with Crippen molar-refractivity contribution in [1.82, 2.24) is 4.90 Å². The van der Waals surface area contributed by atoms with Gasteiger partial charge in [-0.05, 0) is 86.7 Å². The third kappa shape index (κ3) is 7.19. The molecule has 12 heteroatoms. The van der Waals surface area contributed by atoms with E-state index in [1.807, 2.05) is 0 Å². The topological polar surface area (TPSA) is 40.2 Å². The van der Waals surface area contributed by atoms with E-state index in [4.69, 9.17) is 18.9 Å². The Labute approximate surface area is 246 Å². The molecule has 0 aromatic heterocycles. The molecule has 0 radical (unpaired) electrons. The van der Waals surface area contributed by atoms with E-state index in [0.717, 1.165) is 31.5 Å². The molecule has 43 heavy (non-hydrogen) atoms. The molecule has 3 fully saturated rings. The smallest absolute Gasteiger partial charge is 0.378 e. The zero-order valence-corrected chi connectivity index (χ0v) is 24.0. The molecule has 0 saturated carbocycles. The van der Waals surface area contributed by atoms with Gasteiger partial charge in [-0.25, -0.2) is 4.39 Å². The average molecular weight is 620 g/mol. The van der Waals surface area contributed by atoms with Gasteiger partial charge in [-0.1, -0.05) is 12.1 Å². The molecule has 3 saturated heterocycles. The summed E-state index contributed by atoms with van der Waals surface area (Å²) in [4.78, 5) is 2.35. The molecule has 5 rings (SSSR count). The highest BCUT2D eigenvalue weighted by Crippen LogP contribution is 2.44. The van der Waals surface area contributed by atoms with E-state index in [0.29, 0.717) is 44.9 Å². The number of rotatable bonds is 7. The highest BCUT2D eigenvalue weighted by molar-refractivity contribution is 5.35.